The molecule has 1 aliphatic heterocycles. The second-order valence-corrected chi connectivity index (χ2v) is 8.22. The highest BCUT2D eigenvalue weighted by Crippen LogP contribution is 2.20. The zero-order valence-corrected chi connectivity index (χ0v) is 15.8. The summed E-state index contributed by atoms with van der Waals surface area (Å²) in [5, 5.41) is 3.40. The quantitative estimate of drug-likeness (QED) is 0.685. The number of nitrogens with one attached hydrogen (secondary N) is 2. The first-order valence-electron chi connectivity index (χ1n) is 8.13. The van der Waals surface area contributed by atoms with Crippen molar-refractivity contribution in [2.24, 2.45) is 0 Å². The van der Waals surface area contributed by atoms with Gasteiger partial charge in [-0.15, -0.1) is 0 Å². The molecule has 1 aliphatic rings. The number of amides is 1. The first kappa shape index (κ1) is 20.1. The van der Waals surface area contributed by atoms with Crippen LogP contribution < -0.4 is 10.0 Å². The van der Waals surface area contributed by atoms with Gasteiger partial charge in [-0.05, 0) is 17.7 Å². The molecule has 0 saturated carbocycles. The van der Waals surface area contributed by atoms with Crippen molar-refractivity contribution in [3.63, 3.8) is 0 Å². The van der Waals surface area contributed by atoms with Crippen LogP contribution in [0.1, 0.15) is 18.0 Å². The maximum atomic E-state index is 12.2. The molecule has 1 amide bonds. The fourth-order valence-electron chi connectivity index (χ4n) is 2.62. The Morgan fingerprint density at radius 2 is 1.92 bits per heavy atom. The van der Waals surface area contributed by atoms with E-state index in [1.54, 1.807) is 24.3 Å². The molecule has 0 aliphatic carbocycles. The molecule has 1 heterocycles. The molecule has 1 fully saturated rings. The predicted molar refractivity (Wildman–Crippen MR) is 97.1 cm³/mol. The van der Waals surface area contributed by atoms with Crippen LogP contribution in [0.2, 0.25) is 5.02 Å². The SMILES string of the molecule is CS(=O)(=O)NC(CC(=O)NCCN1CCOCC1)c1ccc(Cl)cc1. The van der Waals surface area contributed by atoms with Gasteiger partial charge in [-0.2, -0.15) is 0 Å². The number of benzene rings is 1. The lowest BCUT2D eigenvalue weighted by atomic mass is 10.0. The van der Waals surface area contributed by atoms with Gasteiger partial charge in [-0.3, -0.25) is 9.69 Å². The van der Waals surface area contributed by atoms with Crippen LogP contribution in [0.5, 0.6) is 0 Å². The molecule has 0 spiro atoms. The molecule has 7 nitrogen and oxygen atoms in total. The Balaban J connectivity index is 1.88. The number of hydrogen-bond donors (Lipinski definition) is 2. The van der Waals surface area contributed by atoms with Crippen LogP contribution in [0, 0.1) is 0 Å². The molecule has 1 saturated heterocycles. The minimum Gasteiger partial charge on any atom is -0.379 e. The van der Waals surface area contributed by atoms with Gasteiger partial charge in [0.05, 0.1) is 25.5 Å². The van der Waals surface area contributed by atoms with Gasteiger partial charge in [0.1, 0.15) is 0 Å². The van der Waals surface area contributed by atoms with Gasteiger partial charge in [-0.25, -0.2) is 13.1 Å². The highest BCUT2D eigenvalue weighted by atomic mass is 35.5. The van der Waals surface area contributed by atoms with Gasteiger partial charge in [0, 0.05) is 37.6 Å². The number of carbonyl (C=O) groups is 1. The Kier molecular flexibility index (Phi) is 7.64. The molecule has 0 radical (unpaired) electrons. The minimum atomic E-state index is -3.45. The molecular formula is C16H24ClN3O4S. The average molecular weight is 390 g/mol. The third kappa shape index (κ3) is 7.70. The summed E-state index contributed by atoms with van der Waals surface area (Å²) in [5.41, 5.74) is 0.693. The molecule has 1 unspecified atom stereocenters. The van der Waals surface area contributed by atoms with E-state index in [1.165, 1.54) is 0 Å². The number of carbonyl (C=O) groups excluding carboxylic acids is 1. The van der Waals surface area contributed by atoms with Crippen molar-refractivity contribution in [2.75, 3.05) is 45.6 Å². The number of ether oxygens (including phenoxy) is 1. The zero-order chi connectivity index (χ0) is 18.3. The van der Waals surface area contributed by atoms with Gasteiger partial charge in [0.15, 0.2) is 0 Å². The first-order chi connectivity index (χ1) is 11.8. The maximum Gasteiger partial charge on any atom is 0.221 e. The molecule has 0 bridgehead atoms. The summed E-state index contributed by atoms with van der Waals surface area (Å²) in [6.45, 7) is 4.42. The van der Waals surface area contributed by atoms with Crippen molar-refractivity contribution in [1.82, 2.24) is 14.9 Å². The zero-order valence-electron chi connectivity index (χ0n) is 14.2. The largest absolute Gasteiger partial charge is 0.379 e. The van der Waals surface area contributed by atoms with Gasteiger partial charge in [-0.1, -0.05) is 23.7 Å². The lowest BCUT2D eigenvalue weighted by molar-refractivity contribution is -0.121. The smallest absolute Gasteiger partial charge is 0.221 e. The Morgan fingerprint density at radius 3 is 2.52 bits per heavy atom. The van der Waals surface area contributed by atoms with E-state index in [0.717, 1.165) is 25.9 Å². The van der Waals surface area contributed by atoms with Crippen molar-refractivity contribution in [1.29, 1.82) is 0 Å². The fourth-order valence-corrected chi connectivity index (χ4v) is 3.48. The van der Waals surface area contributed by atoms with E-state index in [1.807, 2.05) is 0 Å². The second-order valence-electron chi connectivity index (χ2n) is 6.00. The fraction of sp³-hybridized carbons (Fsp3) is 0.562. The van der Waals surface area contributed by atoms with Gasteiger partial charge >= 0.3 is 0 Å². The number of halogens is 1. The highest BCUT2D eigenvalue weighted by Gasteiger charge is 2.20. The number of morpholine rings is 1. The van der Waals surface area contributed by atoms with Crippen LogP contribution in [0.25, 0.3) is 0 Å². The van der Waals surface area contributed by atoms with Crippen LogP contribution >= 0.6 is 11.6 Å². The third-order valence-electron chi connectivity index (χ3n) is 3.87. The Morgan fingerprint density at radius 1 is 1.28 bits per heavy atom. The van der Waals surface area contributed by atoms with E-state index in [2.05, 4.69) is 14.9 Å². The van der Waals surface area contributed by atoms with Crippen LogP contribution in [0.4, 0.5) is 0 Å². The summed E-state index contributed by atoms with van der Waals surface area (Å²) >= 11 is 5.87. The lowest BCUT2D eigenvalue weighted by Gasteiger charge is -2.26. The summed E-state index contributed by atoms with van der Waals surface area (Å²) in [4.78, 5) is 14.4. The number of rotatable bonds is 8. The van der Waals surface area contributed by atoms with E-state index in [4.69, 9.17) is 16.3 Å². The molecule has 1 aromatic rings. The molecule has 25 heavy (non-hydrogen) atoms. The van der Waals surface area contributed by atoms with Crippen molar-refractivity contribution < 1.29 is 17.9 Å². The van der Waals surface area contributed by atoms with E-state index in [0.29, 0.717) is 30.3 Å². The number of hydrogen-bond acceptors (Lipinski definition) is 5. The van der Waals surface area contributed by atoms with E-state index < -0.39 is 16.1 Å². The van der Waals surface area contributed by atoms with E-state index in [-0.39, 0.29) is 12.3 Å². The van der Waals surface area contributed by atoms with Crippen molar-refractivity contribution in [2.45, 2.75) is 12.5 Å². The Labute approximate surface area is 153 Å². The third-order valence-corrected chi connectivity index (χ3v) is 4.84. The first-order valence-corrected chi connectivity index (χ1v) is 10.4. The average Bonchev–Trinajstić information content (AvgIpc) is 2.54. The molecule has 140 valence electrons. The summed E-state index contributed by atoms with van der Waals surface area (Å²) in [7, 11) is -3.45. The molecule has 2 N–H and O–H groups in total. The topological polar surface area (TPSA) is 87.7 Å². The summed E-state index contributed by atoms with van der Waals surface area (Å²) < 4.78 is 31.0. The molecular weight excluding hydrogens is 366 g/mol. The van der Waals surface area contributed by atoms with E-state index >= 15 is 0 Å². The van der Waals surface area contributed by atoms with Gasteiger partial charge in [0.2, 0.25) is 15.9 Å². The summed E-state index contributed by atoms with van der Waals surface area (Å²) in [6.07, 6.45) is 1.10. The normalized spacial score (nSPS) is 17.2. The molecule has 1 atom stereocenters. The summed E-state index contributed by atoms with van der Waals surface area (Å²) in [5.74, 6) is -0.204. The molecule has 1 aromatic carbocycles. The molecule has 9 heteroatoms. The van der Waals surface area contributed by atoms with Crippen LogP contribution in [0.3, 0.4) is 0 Å². The van der Waals surface area contributed by atoms with E-state index in [9.17, 15) is 13.2 Å². The second kappa shape index (κ2) is 9.49. The standard InChI is InChI=1S/C16H24ClN3O4S/c1-25(22,23)19-15(13-2-4-14(17)5-3-13)12-16(21)18-6-7-20-8-10-24-11-9-20/h2-5,15,19H,6-12H2,1H3,(H,18,21). The molecule has 2 rings (SSSR count). The number of nitrogens with zero attached hydrogens (tertiary/aromatic N) is 1. The van der Waals surface area contributed by atoms with Crippen LogP contribution in [-0.2, 0) is 19.6 Å². The maximum absolute atomic E-state index is 12.2. The van der Waals surface area contributed by atoms with Crippen molar-refractivity contribution >= 4 is 27.5 Å². The predicted octanol–water partition coefficient (Wildman–Crippen LogP) is 0.769. The Hall–Kier alpha value is -1.19. The van der Waals surface area contributed by atoms with Gasteiger partial charge in [0.25, 0.3) is 0 Å². The van der Waals surface area contributed by atoms with Gasteiger partial charge < -0.3 is 10.1 Å². The highest BCUT2D eigenvalue weighted by molar-refractivity contribution is 7.88. The molecule has 0 aromatic heterocycles. The number of sulfonamides is 1. The summed E-state index contributed by atoms with van der Waals surface area (Å²) in [6, 6.07) is 6.14. The van der Waals surface area contributed by atoms with Crippen molar-refractivity contribution in [3.05, 3.63) is 34.9 Å². The minimum absolute atomic E-state index is 0.0256. The van der Waals surface area contributed by atoms with Crippen LogP contribution in [-0.4, -0.2) is 64.9 Å². The monoisotopic (exact) mass is 389 g/mol. The Bertz CT molecular complexity index is 660. The van der Waals surface area contributed by atoms with Crippen LogP contribution in [0.15, 0.2) is 24.3 Å². The van der Waals surface area contributed by atoms with Crippen molar-refractivity contribution in [3.8, 4) is 0 Å². The lowest BCUT2D eigenvalue weighted by Crippen LogP contribution is -2.42.